The molecule has 0 atom stereocenters. The number of anilines is 1. The van der Waals surface area contributed by atoms with Gasteiger partial charge in [0.25, 0.3) is 0 Å². The van der Waals surface area contributed by atoms with Crippen LogP contribution in [0.3, 0.4) is 0 Å². The molecule has 1 N–H and O–H groups in total. The minimum atomic E-state index is -0.147. The zero-order chi connectivity index (χ0) is 24.0. The maximum Gasteiger partial charge on any atom is 0.235 e. The number of para-hydroxylation sites is 1. The SMILES string of the molecule is Cc1cccc(Cn2nccc2NC(=O)CSc2nnc(-c3cccnc3)n2-c2ccccc2)c1. The molecule has 0 bridgehead atoms. The summed E-state index contributed by atoms with van der Waals surface area (Å²) in [6.07, 6.45) is 5.15. The molecule has 35 heavy (non-hydrogen) atoms. The highest BCUT2D eigenvalue weighted by Crippen LogP contribution is 2.27. The fourth-order valence-corrected chi connectivity index (χ4v) is 4.46. The minimum absolute atomic E-state index is 0.147. The van der Waals surface area contributed by atoms with Crippen molar-refractivity contribution in [2.45, 2.75) is 18.6 Å². The average molecular weight is 482 g/mol. The van der Waals surface area contributed by atoms with Crippen LogP contribution in [0.5, 0.6) is 0 Å². The van der Waals surface area contributed by atoms with Crippen molar-refractivity contribution in [2.75, 3.05) is 11.1 Å². The number of hydrogen-bond donors (Lipinski definition) is 1. The quantitative estimate of drug-likeness (QED) is 0.326. The molecule has 8 nitrogen and oxygen atoms in total. The number of pyridine rings is 1. The number of thioether (sulfide) groups is 1. The molecule has 0 unspecified atom stereocenters. The van der Waals surface area contributed by atoms with Gasteiger partial charge in [-0.1, -0.05) is 59.8 Å². The standard InChI is InChI=1S/C26H23N7OS/c1-19-7-5-8-20(15-19)17-32-23(12-14-28-32)29-24(34)18-35-26-31-30-25(21-9-6-13-27-16-21)33(26)22-10-3-2-4-11-22/h2-16H,17-18H2,1H3,(H,29,34). The van der Waals surface area contributed by atoms with E-state index >= 15 is 0 Å². The van der Waals surface area contributed by atoms with E-state index in [9.17, 15) is 4.79 Å². The second-order valence-electron chi connectivity index (χ2n) is 7.92. The van der Waals surface area contributed by atoms with Crippen molar-refractivity contribution < 1.29 is 4.79 Å². The van der Waals surface area contributed by atoms with Gasteiger partial charge in [0.2, 0.25) is 5.91 Å². The van der Waals surface area contributed by atoms with Crippen molar-refractivity contribution in [1.29, 1.82) is 0 Å². The number of benzene rings is 2. The average Bonchev–Trinajstić information content (AvgIpc) is 3.51. The molecule has 3 heterocycles. The minimum Gasteiger partial charge on any atom is -0.310 e. The highest BCUT2D eigenvalue weighted by Gasteiger charge is 2.18. The summed E-state index contributed by atoms with van der Waals surface area (Å²) in [7, 11) is 0. The fourth-order valence-electron chi connectivity index (χ4n) is 3.71. The molecule has 0 spiro atoms. The Morgan fingerprint density at radius 3 is 2.66 bits per heavy atom. The van der Waals surface area contributed by atoms with Crippen LogP contribution in [0.15, 0.2) is 96.5 Å². The summed E-state index contributed by atoms with van der Waals surface area (Å²) in [6.45, 7) is 2.63. The van der Waals surface area contributed by atoms with Gasteiger partial charge in [0, 0.05) is 29.7 Å². The van der Waals surface area contributed by atoms with E-state index in [1.807, 2.05) is 59.2 Å². The lowest BCUT2D eigenvalue weighted by Crippen LogP contribution is -2.18. The number of carbonyl (C=O) groups is 1. The predicted octanol–water partition coefficient (Wildman–Crippen LogP) is 4.61. The lowest BCUT2D eigenvalue weighted by atomic mass is 10.1. The zero-order valence-corrected chi connectivity index (χ0v) is 19.9. The van der Waals surface area contributed by atoms with Crippen molar-refractivity contribution in [2.24, 2.45) is 0 Å². The monoisotopic (exact) mass is 481 g/mol. The first-order chi connectivity index (χ1) is 17.2. The topological polar surface area (TPSA) is 90.5 Å². The van der Waals surface area contributed by atoms with Gasteiger partial charge in [-0.15, -0.1) is 10.2 Å². The molecule has 0 saturated heterocycles. The van der Waals surface area contributed by atoms with Crippen molar-refractivity contribution >= 4 is 23.5 Å². The van der Waals surface area contributed by atoms with Crippen molar-refractivity contribution in [3.8, 4) is 17.1 Å². The Labute approximate surface area is 207 Å². The molecule has 1 amide bonds. The number of carbonyl (C=O) groups excluding carboxylic acids is 1. The summed E-state index contributed by atoms with van der Waals surface area (Å²) in [5.41, 5.74) is 4.07. The molecule has 0 radical (unpaired) electrons. The highest BCUT2D eigenvalue weighted by atomic mass is 32.2. The molecular weight excluding hydrogens is 458 g/mol. The first-order valence-corrected chi connectivity index (χ1v) is 12.1. The smallest absolute Gasteiger partial charge is 0.235 e. The molecule has 0 aliphatic carbocycles. The predicted molar refractivity (Wildman–Crippen MR) is 136 cm³/mol. The maximum absolute atomic E-state index is 12.8. The normalized spacial score (nSPS) is 10.9. The molecule has 5 aromatic rings. The maximum atomic E-state index is 12.8. The summed E-state index contributed by atoms with van der Waals surface area (Å²) in [4.78, 5) is 17.0. The number of nitrogens with one attached hydrogen (secondary N) is 1. The molecule has 5 rings (SSSR count). The fraction of sp³-hybridized carbons (Fsp3) is 0.115. The van der Waals surface area contributed by atoms with Crippen LogP contribution in [0.4, 0.5) is 5.82 Å². The zero-order valence-electron chi connectivity index (χ0n) is 19.1. The number of nitrogens with zero attached hydrogens (tertiary/aromatic N) is 6. The third-order valence-corrected chi connectivity index (χ3v) is 6.23. The van der Waals surface area contributed by atoms with Gasteiger partial charge in [-0.2, -0.15) is 5.10 Å². The highest BCUT2D eigenvalue weighted by molar-refractivity contribution is 7.99. The van der Waals surface area contributed by atoms with Gasteiger partial charge < -0.3 is 5.32 Å². The van der Waals surface area contributed by atoms with Crippen LogP contribution in [0.2, 0.25) is 0 Å². The molecular formula is C26H23N7OS. The Kier molecular flexibility index (Phi) is 6.67. The summed E-state index contributed by atoms with van der Waals surface area (Å²) >= 11 is 1.33. The van der Waals surface area contributed by atoms with E-state index in [1.165, 1.54) is 17.3 Å². The van der Waals surface area contributed by atoms with Crippen LogP contribution in [0, 0.1) is 6.92 Å². The van der Waals surface area contributed by atoms with Crippen LogP contribution in [-0.4, -0.2) is 41.2 Å². The third-order valence-electron chi connectivity index (χ3n) is 5.30. The second kappa shape index (κ2) is 10.4. The van der Waals surface area contributed by atoms with Crippen LogP contribution < -0.4 is 5.32 Å². The Balaban J connectivity index is 1.31. The Morgan fingerprint density at radius 2 is 1.86 bits per heavy atom. The molecule has 0 saturated carbocycles. The van der Waals surface area contributed by atoms with Crippen LogP contribution >= 0.6 is 11.8 Å². The summed E-state index contributed by atoms with van der Waals surface area (Å²) in [6, 6.07) is 23.7. The van der Waals surface area contributed by atoms with Crippen molar-refractivity contribution in [3.63, 3.8) is 0 Å². The van der Waals surface area contributed by atoms with E-state index < -0.39 is 0 Å². The molecule has 174 valence electrons. The van der Waals surface area contributed by atoms with Gasteiger partial charge in [-0.25, -0.2) is 4.68 Å². The Morgan fingerprint density at radius 1 is 0.971 bits per heavy atom. The first-order valence-electron chi connectivity index (χ1n) is 11.1. The molecule has 0 aliphatic heterocycles. The van der Waals surface area contributed by atoms with Gasteiger partial charge in [0.05, 0.1) is 18.5 Å². The number of aryl methyl sites for hydroxylation is 1. The molecule has 0 fully saturated rings. The van der Waals surface area contributed by atoms with Crippen LogP contribution in [0.1, 0.15) is 11.1 Å². The van der Waals surface area contributed by atoms with Crippen molar-refractivity contribution in [1.82, 2.24) is 29.5 Å². The van der Waals surface area contributed by atoms with E-state index in [0.29, 0.717) is 23.3 Å². The number of amides is 1. The van der Waals surface area contributed by atoms with Gasteiger partial charge in [-0.05, 0) is 36.8 Å². The van der Waals surface area contributed by atoms with Crippen molar-refractivity contribution in [3.05, 3.63) is 103 Å². The Hall–Kier alpha value is -4.24. The summed E-state index contributed by atoms with van der Waals surface area (Å²) < 4.78 is 3.72. The van der Waals surface area contributed by atoms with Gasteiger partial charge in [0.1, 0.15) is 5.82 Å². The third kappa shape index (κ3) is 5.30. The Bertz CT molecular complexity index is 1430. The summed E-state index contributed by atoms with van der Waals surface area (Å²) in [5.74, 6) is 1.35. The molecule has 2 aromatic carbocycles. The van der Waals surface area contributed by atoms with Crippen LogP contribution in [0.25, 0.3) is 17.1 Å². The van der Waals surface area contributed by atoms with E-state index in [-0.39, 0.29) is 11.7 Å². The second-order valence-corrected chi connectivity index (χ2v) is 8.86. The number of rotatable bonds is 8. The summed E-state index contributed by atoms with van der Waals surface area (Å²) in [5, 5.41) is 16.7. The van der Waals surface area contributed by atoms with Crippen LogP contribution in [-0.2, 0) is 11.3 Å². The number of hydrogen-bond acceptors (Lipinski definition) is 6. The van der Waals surface area contributed by atoms with Gasteiger partial charge >= 0.3 is 0 Å². The lowest BCUT2D eigenvalue weighted by molar-refractivity contribution is -0.113. The largest absolute Gasteiger partial charge is 0.310 e. The lowest BCUT2D eigenvalue weighted by Gasteiger charge is -2.11. The van der Waals surface area contributed by atoms with E-state index in [1.54, 1.807) is 29.3 Å². The van der Waals surface area contributed by atoms with E-state index in [0.717, 1.165) is 16.8 Å². The number of aromatic nitrogens is 6. The molecule has 3 aromatic heterocycles. The first kappa shape index (κ1) is 22.5. The molecule has 9 heteroatoms. The van der Waals surface area contributed by atoms with Gasteiger partial charge in [0.15, 0.2) is 11.0 Å². The van der Waals surface area contributed by atoms with E-state index in [2.05, 4.69) is 44.7 Å². The van der Waals surface area contributed by atoms with Gasteiger partial charge in [-0.3, -0.25) is 14.3 Å². The van der Waals surface area contributed by atoms with E-state index in [4.69, 9.17) is 0 Å². The molecule has 0 aliphatic rings.